The molecule has 0 aliphatic rings. The summed E-state index contributed by atoms with van der Waals surface area (Å²) in [6.45, 7) is 1.08. The zero-order valence-corrected chi connectivity index (χ0v) is 15.0. The summed E-state index contributed by atoms with van der Waals surface area (Å²) in [6, 6.07) is 14.0. The van der Waals surface area contributed by atoms with Gasteiger partial charge in [0.25, 0.3) is 0 Å². The fourth-order valence-electron chi connectivity index (χ4n) is 3.24. The molecule has 4 aromatic heterocycles. The Morgan fingerprint density at radius 1 is 1.04 bits per heavy atom. The molecule has 0 fully saturated rings. The van der Waals surface area contributed by atoms with Gasteiger partial charge in [0.15, 0.2) is 5.65 Å². The molecule has 0 spiro atoms. The van der Waals surface area contributed by atoms with Crippen molar-refractivity contribution in [2.45, 2.75) is 13.1 Å². The minimum absolute atomic E-state index is 0.0472. The van der Waals surface area contributed by atoms with E-state index >= 15 is 0 Å². The number of pyridine rings is 2. The van der Waals surface area contributed by atoms with E-state index in [4.69, 9.17) is 10.1 Å². The third-order valence-corrected chi connectivity index (χ3v) is 4.62. The van der Waals surface area contributed by atoms with Gasteiger partial charge in [-0.05, 0) is 35.9 Å². The number of aliphatic hydroxyl groups is 1. The predicted octanol–water partition coefficient (Wildman–Crippen LogP) is 2.28. The first kappa shape index (κ1) is 16.5. The van der Waals surface area contributed by atoms with E-state index < -0.39 is 0 Å². The molecule has 0 bridgehead atoms. The summed E-state index contributed by atoms with van der Waals surface area (Å²) in [5.74, 6) is 0. The van der Waals surface area contributed by atoms with Gasteiger partial charge in [-0.1, -0.05) is 17.3 Å². The summed E-state index contributed by atoms with van der Waals surface area (Å²) >= 11 is 0. The molecule has 0 saturated heterocycles. The van der Waals surface area contributed by atoms with Gasteiger partial charge in [-0.15, -0.1) is 5.10 Å². The van der Waals surface area contributed by atoms with Gasteiger partial charge >= 0.3 is 0 Å². The zero-order chi connectivity index (χ0) is 18.9. The molecule has 8 heteroatoms. The van der Waals surface area contributed by atoms with Gasteiger partial charge in [0.05, 0.1) is 37.1 Å². The van der Waals surface area contributed by atoms with E-state index in [2.05, 4.69) is 26.5 Å². The third-order valence-electron chi connectivity index (χ3n) is 4.62. The largest absolute Gasteiger partial charge is 0.394 e. The first-order chi connectivity index (χ1) is 13.8. The second-order valence-corrected chi connectivity index (χ2v) is 6.53. The Labute approximate surface area is 160 Å². The molecule has 5 aromatic rings. The van der Waals surface area contributed by atoms with Gasteiger partial charge in [-0.3, -0.25) is 9.67 Å². The standard InChI is InChI=1S/C20H17N7O/c28-9-8-26-13-16(11-22-26)18-5-6-19-20(23-18)27(25-24-19)12-14-3-4-17-15(10-14)2-1-7-21-17/h1-7,10-11,13,28H,8-9,12H2. The van der Waals surface area contributed by atoms with Crippen LogP contribution in [0.4, 0.5) is 0 Å². The molecular formula is C20H17N7O. The van der Waals surface area contributed by atoms with Crippen molar-refractivity contribution >= 4 is 22.1 Å². The van der Waals surface area contributed by atoms with Crippen LogP contribution < -0.4 is 0 Å². The van der Waals surface area contributed by atoms with Crippen LogP contribution in [0.5, 0.6) is 0 Å². The van der Waals surface area contributed by atoms with E-state index in [1.807, 2.05) is 42.6 Å². The number of nitrogens with zero attached hydrogens (tertiary/aromatic N) is 7. The van der Waals surface area contributed by atoms with E-state index in [1.165, 1.54) is 0 Å². The lowest BCUT2D eigenvalue weighted by atomic mass is 10.1. The van der Waals surface area contributed by atoms with Crippen molar-refractivity contribution in [2.75, 3.05) is 6.61 Å². The van der Waals surface area contributed by atoms with Crippen LogP contribution in [0, 0.1) is 0 Å². The van der Waals surface area contributed by atoms with E-state index in [0.29, 0.717) is 13.1 Å². The Bertz CT molecular complexity index is 1270. The van der Waals surface area contributed by atoms with Crippen LogP contribution in [-0.2, 0) is 13.1 Å². The zero-order valence-electron chi connectivity index (χ0n) is 15.0. The number of hydrogen-bond donors (Lipinski definition) is 1. The number of fused-ring (bicyclic) bond motifs is 2. The highest BCUT2D eigenvalue weighted by Gasteiger charge is 2.11. The second kappa shape index (κ2) is 6.82. The second-order valence-electron chi connectivity index (χ2n) is 6.53. The molecule has 28 heavy (non-hydrogen) atoms. The smallest absolute Gasteiger partial charge is 0.179 e. The molecule has 0 unspecified atom stereocenters. The van der Waals surface area contributed by atoms with Crippen molar-refractivity contribution in [1.29, 1.82) is 0 Å². The van der Waals surface area contributed by atoms with Gasteiger partial charge in [0.1, 0.15) is 5.52 Å². The van der Waals surface area contributed by atoms with Crippen molar-refractivity contribution in [3.63, 3.8) is 0 Å². The quantitative estimate of drug-likeness (QED) is 0.509. The molecule has 1 N–H and O–H groups in total. The van der Waals surface area contributed by atoms with Gasteiger partial charge in [-0.25, -0.2) is 9.67 Å². The molecule has 1 aromatic carbocycles. The van der Waals surface area contributed by atoms with Crippen LogP contribution in [-0.4, -0.2) is 46.5 Å². The summed E-state index contributed by atoms with van der Waals surface area (Å²) < 4.78 is 3.49. The van der Waals surface area contributed by atoms with Crippen LogP contribution in [0.25, 0.3) is 33.3 Å². The Balaban J connectivity index is 1.50. The minimum atomic E-state index is 0.0472. The number of hydrogen-bond acceptors (Lipinski definition) is 6. The predicted molar refractivity (Wildman–Crippen MR) is 104 cm³/mol. The molecule has 8 nitrogen and oxygen atoms in total. The Morgan fingerprint density at radius 2 is 1.96 bits per heavy atom. The fraction of sp³-hybridized carbons (Fsp3) is 0.150. The molecule has 5 rings (SSSR count). The van der Waals surface area contributed by atoms with Gasteiger partial charge in [-0.2, -0.15) is 5.10 Å². The maximum absolute atomic E-state index is 9.06. The molecule has 0 saturated carbocycles. The highest BCUT2D eigenvalue weighted by atomic mass is 16.3. The maximum atomic E-state index is 9.06. The molecule has 0 aliphatic heterocycles. The van der Waals surface area contributed by atoms with E-state index in [-0.39, 0.29) is 6.61 Å². The van der Waals surface area contributed by atoms with Crippen molar-refractivity contribution in [3.8, 4) is 11.3 Å². The monoisotopic (exact) mass is 371 g/mol. The molecule has 0 atom stereocenters. The molecule has 0 aliphatic carbocycles. The maximum Gasteiger partial charge on any atom is 0.179 e. The van der Waals surface area contributed by atoms with Crippen molar-refractivity contribution < 1.29 is 5.11 Å². The van der Waals surface area contributed by atoms with Gasteiger partial charge < -0.3 is 5.11 Å². The first-order valence-corrected chi connectivity index (χ1v) is 8.98. The van der Waals surface area contributed by atoms with Crippen molar-refractivity contribution in [1.82, 2.24) is 34.7 Å². The summed E-state index contributed by atoms with van der Waals surface area (Å²) in [6.07, 6.45) is 5.41. The summed E-state index contributed by atoms with van der Waals surface area (Å²) in [5, 5.41) is 22.9. The van der Waals surface area contributed by atoms with Crippen LogP contribution in [0.2, 0.25) is 0 Å². The number of rotatable bonds is 5. The van der Waals surface area contributed by atoms with Crippen LogP contribution in [0.3, 0.4) is 0 Å². The Kier molecular flexibility index (Phi) is 4.02. The van der Waals surface area contributed by atoms with Crippen LogP contribution >= 0.6 is 0 Å². The molecule has 138 valence electrons. The lowest BCUT2D eigenvalue weighted by molar-refractivity contribution is 0.269. The number of benzene rings is 1. The number of aromatic nitrogens is 7. The summed E-state index contributed by atoms with van der Waals surface area (Å²) in [4.78, 5) is 9.11. The SMILES string of the molecule is OCCn1cc(-c2ccc3nnn(Cc4ccc5ncccc5c4)c3n2)cn1. The highest BCUT2D eigenvalue weighted by Crippen LogP contribution is 2.20. The molecule has 0 radical (unpaired) electrons. The third kappa shape index (κ3) is 2.99. The molecule has 0 amide bonds. The van der Waals surface area contributed by atoms with E-state index in [1.54, 1.807) is 21.8 Å². The minimum Gasteiger partial charge on any atom is -0.394 e. The lowest BCUT2D eigenvalue weighted by Gasteiger charge is -2.05. The summed E-state index contributed by atoms with van der Waals surface area (Å²) in [5.41, 5.74) is 5.22. The van der Waals surface area contributed by atoms with Gasteiger partial charge in [0.2, 0.25) is 0 Å². The molecular weight excluding hydrogens is 354 g/mol. The Morgan fingerprint density at radius 3 is 2.89 bits per heavy atom. The highest BCUT2D eigenvalue weighted by molar-refractivity contribution is 5.79. The van der Waals surface area contributed by atoms with Gasteiger partial charge in [0, 0.05) is 23.3 Å². The van der Waals surface area contributed by atoms with E-state index in [0.717, 1.165) is 38.9 Å². The average Bonchev–Trinajstić information content (AvgIpc) is 3.35. The normalized spacial score (nSPS) is 11.5. The molecule has 4 heterocycles. The average molecular weight is 371 g/mol. The Hall–Kier alpha value is -3.65. The fourth-order valence-corrected chi connectivity index (χ4v) is 3.24. The summed E-state index contributed by atoms with van der Waals surface area (Å²) in [7, 11) is 0. The lowest BCUT2D eigenvalue weighted by Crippen LogP contribution is -2.03. The van der Waals surface area contributed by atoms with Crippen molar-refractivity contribution in [2.24, 2.45) is 0 Å². The van der Waals surface area contributed by atoms with Crippen molar-refractivity contribution in [3.05, 3.63) is 66.6 Å². The van der Waals surface area contributed by atoms with E-state index in [9.17, 15) is 0 Å². The first-order valence-electron chi connectivity index (χ1n) is 8.98. The topological polar surface area (TPSA) is 94.5 Å². The van der Waals surface area contributed by atoms with Crippen LogP contribution in [0.15, 0.2) is 61.1 Å². The number of aliphatic hydroxyl groups excluding tert-OH is 1. The van der Waals surface area contributed by atoms with Crippen LogP contribution in [0.1, 0.15) is 5.56 Å².